The smallest absolute Gasteiger partial charge is 0.407 e. The molecule has 18 heavy (non-hydrogen) atoms. The van der Waals surface area contributed by atoms with Crippen molar-refractivity contribution in [1.82, 2.24) is 10.2 Å². The number of nitrogens with zero attached hydrogens (tertiary/aromatic N) is 1. The van der Waals surface area contributed by atoms with Gasteiger partial charge < -0.3 is 20.1 Å². The highest BCUT2D eigenvalue weighted by Gasteiger charge is 2.15. The normalized spacial score (nSPS) is 12.5. The van der Waals surface area contributed by atoms with Crippen LogP contribution in [0.5, 0.6) is 0 Å². The molecular formula is C13H30N2O3. The van der Waals surface area contributed by atoms with Crippen molar-refractivity contribution in [3.63, 3.8) is 0 Å². The van der Waals surface area contributed by atoms with Crippen molar-refractivity contribution in [3.8, 4) is 0 Å². The van der Waals surface area contributed by atoms with E-state index in [-0.39, 0.29) is 0 Å². The molecule has 0 aromatic carbocycles. The van der Waals surface area contributed by atoms with Crippen LogP contribution in [0.15, 0.2) is 0 Å². The molecule has 0 radical (unpaired) electrons. The number of nitrogens with one attached hydrogen (secondary N) is 1. The molecule has 0 aromatic rings. The first-order valence-corrected chi connectivity index (χ1v) is 6.50. The summed E-state index contributed by atoms with van der Waals surface area (Å²) < 4.78 is 5.06. The van der Waals surface area contributed by atoms with Gasteiger partial charge in [-0.1, -0.05) is 13.8 Å². The van der Waals surface area contributed by atoms with E-state index in [4.69, 9.17) is 4.74 Å². The van der Waals surface area contributed by atoms with Crippen LogP contribution in [0.2, 0.25) is 0 Å². The largest absolute Gasteiger partial charge is 0.444 e. The lowest BCUT2D eigenvalue weighted by atomic mass is 10.2. The first kappa shape index (κ1) is 19.5. The Hall–Kier alpha value is -0.810. The standard InChI is InChI=1S/C11H24N2O3.C2H6/c1-11(2,3)16-10(15)12-7-6-9(14)8-13(4)5;1-2/h9,14H,6-8H2,1-5H3,(H,12,15);1-2H3. The number of aliphatic hydroxyl groups excluding tert-OH is 1. The molecule has 5 nitrogen and oxygen atoms in total. The lowest BCUT2D eigenvalue weighted by molar-refractivity contribution is 0.0515. The first-order valence-electron chi connectivity index (χ1n) is 6.50. The van der Waals surface area contributed by atoms with Crippen LogP contribution in [0.3, 0.4) is 0 Å². The van der Waals surface area contributed by atoms with Crippen molar-refractivity contribution in [3.05, 3.63) is 0 Å². The van der Waals surface area contributed by atoms with Gasteiger partial charge in [0.15, 0.2) is 0 Å². The summed E-state index contributed by atoms with van der Waals surface area (Å²) in [6.45, 7) is 10.5. The number of alkyl carbamates (subject to hydrolysis) is 1. The lowest BCUT2D eigenvalue weighted by Crippen LogP contribution is -2.35. The van der Waals surface area contributed by atoms with E-state index in [9.17, 15) is 9.90 Å². The lowest BCUT2D eigenvalue weighted by Gasteiger charge is -2.20. The average Bonchev–Trinajstić information content (AvgIpc) is 2.16. The van der Waals surface area contributed by atoms with E-state index in [0.29, 0.717) is 19.5 Å². The van der Waals surface area contributed by atoms with E-state index >= 15 is 0 Å². The molecule has 0 aromatic heterocycles. The maximum absolute atomic E-state index is 11.2. The molecule has 5 heteroatoms. The Morgan fingerprint density at radius 2 is 1.83 bits per heavy atom. The van der Waals surface area contributed by atoms with Crippen LogP contribution in [0, 0.1) is 0 Å². The third-order valence-electron chi connectivity index (χ3n) is 1.72. The molecule has 0 aliphatic heterocycles. The Kier molecular flexibility index (Phi) is 11.0. The average molecular weight is 262 g/mol. The van der Waals surface area contributed by atoms with Crippen molar-refractivity contribution in [1.29, 1.82) is 0 Å². The number of carbonyl (C=O) groups is 1. The molecule has 0 bridgehead atoms. The fourth-order valence-electron chi connectivity index (χ4n) is 1.17. The molecule has 0 heterocycles. The number of aliphatic hydroxyl groups is 1. The molecule has 2 N–H and O–H groups in total. The Morgan fingerprint density at radius 3 is 2.22 bits per heavy atom. The number of amides is 1. The second kappa shape index (κ2) is 10.1. The van der Waals surface area contributed by atoms with Crippen molar-refractivity contribution >= 4 is 6.09 Å². The van der Waals surface area contributed by atoms with Gasteiger partial charge in [0.1, 0.15) is 5.60 Å². The SMILES string of the molecule is CC.CN(C)CC(O)CCNC(=O)OC(C)(C)C. The van der Waals surface area contributed by atoms with Gasteiger partial charge in [0.2, 0.25) is 0 Å². The molecule has 1 amide bonds. The van der Waals surface area contributed by atoms with E-state index in [0.717, 1.165) is 0 Å². The van der Waals surface area contributed by atoms with Crippen LogP contribution >= 0.6 is 0 Å². The predicted octanol–water partition coefficient (Wildman–Crippen LogP) is 1.85. The highest BCUT2D eigenvalue weighted by atomic mass is 16.6. The molecule has 0 aliphatic carbocycles. The van der Waals surface area contributed by atoms with Crippen molar-refractivity contribution < 1.29 is 14.6 Å². The third-order valence-corrected chi connectivity index (χ3v) is 1.72. The number of carbonyl (C=O) groups excluding carboxylic acids is 1. The second-order valence-electron chi connectivity index (χ2n) is 5.13. The number of ether oxygens (including phenoxy) is 1. The first-order chi connectivity index (χ1) is 8.20. The van der Waals surface area contributed by atoms with Crippen LogP contribution in [-0.2, 0) is 4.74 Å². The number of hydrogen-bond donors (Lipinski definition) is 2. The molecule has 0 saturated heterocycles. The Balaban J connectivity index is 0. The topological polar surface area (TPSA) is 61.8 Å². The zero-order valence-electron chi connectivity index (χ0n) is 12.9. The zero-order chi connectivity index (χ0) is 14.8. The number of likely N-dealkylation sites (N-methyl/N-ethyl adjacent to an activating group) is 1. The quantitative estimate of drug-likeness (QED) is 0.794. The minimum atomic E-state index is -0.480. The van der Waals surface area contributed by atoms with Crippen LogP contribution < -0.4 is 5.32 Å². The van der Waals surface area contributed by atoms with Gasteiger partial charge in [-0.3, -0.25) is 0 Å². The zero-order valence-corrected chi connectivity index (χ0v) is 12.9. The van der Waals surface area contributed by atoms with Crippen molar-refractivity contribution in [2.24, 2.45) is 0 Å². The molecule has 1 unspecified atom stereocenters. The summed E-state index contributed by atoms with van der Waals surface area (Å²) in [4.78, 5) is 13.1. The Labute approximate surface area is 112 Å². The van der Waals surface area contributed by atoms with Gasteiger partial charge >= 0.3 is 6.09 Å². The Bertz CT molecular complexity index is 213. The van der Waals surface area contributed by atoms with E-state index in [1.54, 1.807) is 0 Å². The van der Waals surface area contributed by atoms with Crippen molar-refractivity contribution in [2.75, 3.05) is 27.2 Å². The number of rotatable bonds is 5. The molecular weight excluding hydrogens is 232 g/mol. The van der Waals surface area contributed by atoms with E-state index in [1.165, 1.54) is 0 Å². The highest BCUT2D eigenvalue weighted by molar-refractivity contribution is 5.67. The van der Waals surface area contributed by atoms with Crippen LogP contribution in [-0.4, -0.2) is 55.0 Å². The molecule has 110 valence electrons. The van der Waals surface area contributed by atoms with E-state index in [2.05, 4.69) is 5.32 Å². The van der Waals surface area contributed by atoms with Crippen LogP contribution in [0.1, 0.15) is 41.0 Å². The maximum atomic E-state index is 11.2. The fourth-order valence-corrected chi connectivity index (χ4v) is 1.17. The van der Waals surface area contributed by atoms with Gasteiger partial charge in [-0.15, -0.1) is 0 Å². The molecule has 0 saturated carbocycles. The highest BCUT2D eigenvalue weighted by Crippen LogP contribution is 2.06. The number of hydrogen-bond acceptors (Lipinski definition) is 4. The van der Waals surface area contributed by atoms with E-state index in [1.807, 2.05) is 53.6 Å². The van der Waals surface area contributed by atoms with Gasteiger partial charge in [-0.05, 0) is 41.3 Å². The minimum absolute atomic E-state index is 0.421. The molecule has 0 rings (SSSR count). The molecule has 0 aliphatic rings. The summed E-state index contributed by atoms with van der Waals surface area (Å²) in [5.41, 5.74) is -0.480. The molecule has 0 spiro atoms. The second-order valence-corrected chi connectivity index (χ2v) is 5.13. The van der Waals surface area contributed by atoms with Crippen LogP contribution in [0.25, 0.3) is 0 Å². The van der Waals surface area contributed by atoms with Gasteiger partial charge in [0, 0.05) is 13.1 Å². The van der Waals surface area contributed by atoms with Gasteiger partial charge in [0.05, 0.1) is 6.10 Å². The van der Waals surface area contributed by atoms with Gasteiger partial charge in [0.25, 0.3) is 0 Å². The van der Waals surface area contributed by atoms with Crippen LogP contribution in [0.4, 0.5) is 4.79 Å². The third kappa shape index (κ3) is 15.2. The van der Waals surface area contributed by atoms with E-state index < -0.39 is 17.8 Å². The summed E-state index contributed by atoms with van der Waals surface area (Å²) in [7, 11) is 3.79. The predicted molar refractivity (Wildman–Crippen MR) is 74.8 cm³/mol. The van der Waals surface area contributed by atoms with Crippen molar-refractivity contribution in [2.45, 2.75) is 52.7 Å². The maximum Gasteiger partial charge on any atom is 0.407 e. The summed E-state index contributed by atoms with van der Waals surface area (Å²) in [5.74, 6) is 0. The van der Waals surface area contributed by atoms with Gasteiger partial charge in [-0.2, -0.15) is 0 Å². The fraction of sp³-hybridized carbons (Fsp3) is 0.923. The molecule has 1 atom stereocenters. The minimum Gasteiger partial charge on any atom is -0.444 e. The summed E-state index contributed by atoms with van der Waals surface area (Å²) in [6, 6.07) is 0. The monoisotopic (exact) mass is 262 g/mol. The molecule has 0 fully saturated rings. The van der Waals surface area contributed by atoms with Gasteiger partial charge in [-0.25, -0.2) is 4.79 Å². The summed E-state index contributed by atoms with van der Waals surface area (Å²) >= 11 is 0. The summed E-state index contributed by atoms with van der Waals surface area (Å²) in [5, 5.41) is 12.1. The Morgan fingerprint density at radius 1 is 1.33 bits per heavy atom. The summed E-state index contributed by atoms with van der Waals surface area (Å²) in [6.07, 6.45) is -0.341.